The second-order valence-electron chi connectivity index (χ2n) is 3.92. The van der Waals surface area contributed by atoms with Crippen LogP contribution in [-0.2, 0) is 4.79 Å². The maximum Gasteiger partial charge on any atom is 0.222 e. The van der Waals surface area contributed by atoms with E-state index in [9.17, 15) is 4.79 Å². The molecule has 0 radical (unpaired) electrons. The Balaban J connectivity index is 1.96. The third-order valence-corrected chi connectivity index (χ3v) is 2.96. The molecule has 1 saturated carbocycles. The molecular formula is C9H15NO. The lowest BCUT2D eigenvalue weighted by atomic mass is 9.80. The predicted octanol–water partition coefficient (Wildman–Crippen LogP) is 1.60. The van der Waals surface area contributed by atoms with Gasteiger partial charge in [0.05, 0.1) is 0 Å². The van der Waals surface area contributed by atoms with Crippen LogP contribution in [0.1, 0.15) is 44.9 Å². The summed E-state index contributed by atoms with van der Waals surface area (Å²) in [5.41, 5.74) is 0.258. The van der Waals surface area contributed by atoms with Crippen LogP contribution in [0, 0.1) is 0 Å². The Morgan fingerprint density at radius 1 is 1.09 bits per heavy atom. The molecule has 2 aliphatic rings. The SMILES string of the molecule is O=C1CC2(CCCCCC2)N1. The zero-order valence-corrected chi connectivity index (χ0v) is 6.86. The van der Waals surface area contributed by atoms with Crippen LogP contribution in [0.25, 0.3) is 0 Å². The van der Waals surface area contributed by atoms with Crippen molar-refractivity contribution in [1.29, 1.82) is 0 Å². The number of rotatable bonds is 0. The Bertz CT molecular complexity index is 158. The van der Waals surface area contributed by atoms with E-state index in [-0.39, 0.29) is 11.4 Å². The summed E-state index contributed by atoms with van der Waals surface area (Å²) in [5.74, 6) is 0.256. The van der Waals surface area contributed by atoms with Crippen molar-refractivity contribution in [1.82, 2.24) is 5.32 Å². The van der Waals surface area contributed by atoms with Crippen molar-refractivity contribution < 1.29 is 4.79 Å². The summed E-state index contributed by atoms with van der Waals surface area (Å²) in [4.78, 5) is 10.8. The molecule has 2 nitrogen and oxygen atoms in total. The summed E-state index contributed by atoms with van der Waals surface area (Å²) < 4.78 is 0. The highest BCUT2D eigenvalue weighted by Crippen LogP contribution is 2.34. The molecule has 0 aromatic heterocycles. The number of β-lactam (4-membered cyclic amide) rings is 1. The molecule has 11 heavy (non-hydrogen) atoms. The molecule has 1 heterocycles. The second kappa shape index (κ2) is 2.50. The van der Waals surface area contributed by atoms with E-state index >= 15 is 0 Å². The summed E-state index contributed by atoms with van der Waals surface area (Å²) in [6.45, 7) is 0. The van der Waals surface area contributed by atoms with E-state index in [0.717, 1.165) is 6.42 Å². The zero-order chi connectivity index (χ0) is 7.73. The Morgan fingerprint density at radius 3 is 2.09 bits per heavy atom. The first-order valence-electron chi connectivity index (χ1n) is 4.62. The molecule has 1 spiro atoms. The van der Waals surface area contributed by atoms with Crippen LogP contribution in [0.15, 0.2) is 0 Å². The first-order valence-corrected chi connectivity index (χ1v) is 4.62. The van der Waals surface area contributed by atoms with Gasteiger partial charge < -0.3 is 5.32 Å². The van der Waals surface area contributed by atoms with E-state index in [4.69, 9.17) is 0 Å². The minimum Gasteiger partial charge on any atom is -0.350 e. The van der Waals surface area contributed by atoms with Crippen LogP contribution in [0.2, 0.25) is 0 Å². The fraction of sp³-hybridized carbons (Fsp3) is 0.889. The topological polar surface area (TPSA) is 29.1 Å². The molecule has 0 aromatic rings. The van der Waals surface area contributed by atoms with Crippen molar-refractivity contribution in [2.45, 2.75) is 50.5 Å². The van der Waals surface area contributed by atoms with E-state index in [1.807, 2.05) is 0 Å². The number of hydrogen-bond acceptors (Lipinski definition) is 1. The molecule has 0 atom stereocenters. The lowest BCUT2D eigenvalue weighted by molar-refractivity contribution is -0.133. The van der Waals surface area contributed by atoms with Gasteiger partial charge >= 0.3 is 0 Å². The lowest BCUT2D eigenvalue weighted by Gasteiger charge is -2.41. The van der Waals surface area contributed by atoms with Gasteiger partial charge in [0, 0.05) is 12.0 Å². The molecule has 1 N–H and O–H groups in total. The highest BCUT2D eigenvalue weighted by Gasteiger charge is 2.41. The molecule has 62 valence electrons. The number of amides is 1. The molecule has 1 aliphatic heterocycles. The molecule has 2 fully saturated rings. The normalized spacial score (nSPS) is 28.9. The maximum atomic E-state index is 10.8. The number of carbonyl (C=O) groups is 1. The van der Waals surface area contributed by atoms with Crippen molar-refractivity contribution in [3.05, 3.63) is 0 Å². The molecule has 2 rings (SSSR count). The molecular weight excluding hydrogens is 138 g/mol. The van der Waals surface area contributed by atoms with Crippen molar-refractivity contribution >= 4 is 5.91 Å². The molecule has 0 bridgehead atoms. The fourth-order valence-electron chi connectivity index (χ4n) is 2.29. The molecule has 0 unspecified atom stereocenters. The Kier molecular flexibility index (Phi) is 1.63. The van der Waals surface area contributed by atoms with E-state index in [1.165, 1.54) is 38.5 Å². The molecule has 2 heteroatoms. The van der Waals surface area contributed by atoms with Crippen LogP contribution in [-0.4, -0.2) is 11.4 Å². The van der Waals surface area contributed by atoms with Gasteiger partial charge in [-0.05, 0) is 12.8 Å². The third-order valence-electron chi connectivity index (χ3n) is 2.96. The molecule has 1 saturated heterocycles. The van der Waals surface area contributed by atoms with Crippen molar-refractivity contribution in [3.63, 3.8) is 0 Å². The van der Waals surface area contributed by atoms with Crippen LogP contribution in [0.5, 0.6) is 0 Å². The number of hydrogen-bond donors (Lipinski definition) is 1. The van der Waals surface area contributed by atoms with Crippen molar-refractivity contribution in [3.8, 4) is 0 Å². The monoisotopic (exact) mass is 153 g/mol. The van der Waals surface area contributed by atoms with Crippen molar-refractivity contribution in [2.24, 2.45) is 0 Å². The molecule has 0 aromatic carbocycles. The Labute approximate surface area is 67.4 Å². The minimum atomic E-state index is 0.256. The molecule has 1 aliphatic carbocycles. The second-order valence-corrected chi connectivity index (χ2v) is 3.92. The third kappa shape index (κ3) is 1.26. The highest BCUT2D eigenvalue weighted by atomic mass is 16.2. The quantitative estimate of drug-likeness (QED) is 0.526. The van der Waals surface area contributed by atoms with Gasteiger partial charge in [-0.1, -0.05) is 25.7 Å². The summed E-state index contributed by atoms with van der Waals surface area (Å²) in [7, 11) is 0. The van der Waals surface area contributed by atoms with Crippen molar-refractivity contribution in [2.75, 3.05) is 0 Å². The van der Waals surface area contributed by atoms with Gasteiger partial charge in [0.15, 0.2) is 0 Å². The smallest absolute Gasteiger partial charge is 0.222 e. The van der Waals surface area contributed by atoms with Gasteiger partial charge in [-0.2, -0.15) is 0 Å². The minimum absolute atomic E-state index is 0.256. The predicted molar refractivity (Wildman–Crippen MR) is 43.2 cm³/mol. The molecule has 1 amide bonds. The van der Waals surface area contributed by atoms with Gasteiger partial charge in [0.1, 0.15) is 0 Å². The van der Waals surface area contributed by atoms with Crippen LogP contribution >= 0.6 is 0 Å². The first-order chi connectivity index (χ1) is 5.31. The van der Waals surface area contributed by atoms with Gasteiger partial charge in [-0.3, -0.25) is 4.79 Å². The summed E-state index contributed by atoms with van der Waals surface area (Å²) in [6, 6.07) is 0. The summed E-state index contributed by atoms with van der Waals surface area (Å²) in [5, 5.41) is 3.06. The maximum absolute atomic E-state index is 10.8. The largest absolute Gasteiger partial charge is 0.350 e. The highest BCUT2D eigenvalue weighted by molar-refractivity contribution is 5.84. The van der Waals surface area contributed by atoms with Gasteiger partial charge in [0.2, 0.25) is 5.91 Å². The number of nitrogens with one attached hydrogen (secondary N) is 1. The van der Waals surface area contributed by atoms with Crippen LogP contribution in [0.3, 0.4) is 0 Å². The van der Waals surface area contributed by atoms with Gasteiger partial charge in [-0.15, -0.1) is 0 Å². The Morgan fingerprint density at radius 2 is 1.64 bits per heavy atom. The standard InChI is InChI=1S/C9H15NO/c11-8-7-9(10-8)5-3-1-2-4-6-9/h1-7H2,(H,10,11). The fourth-order valence-corrected chi connectivity index (χ4v) is 2.29. The summed E-state index contributed by atoms with van der Waals surface area (Å²) in [6.07, 6.45) is 8.57. The van der Waals surface area contributed by atoms with E-state index in [1.54, 1.807) is 0 Å². The average Bonchev–Trinajstić information content (AvgIpc) is 2.12. The van der Waals surface area contributed by atoms with E-state index < -0.39 is 0 Å². The lowest BCUT2D eigenvalue weighted by Crippen LogP contribution is -2.60. The van der Waals surface area contributed by atoms with E-state index in [0.29, 0.717) is 0 Å². The van der Waals surface area contributed by atoms with Crippen LogP contribution < -0.4 is 5.32 Å². The van der Waals surface area contributed by atoms with Gasteiger partial charge in [-0.25, -0.2) is 0 Å². The van der Waals surface area contributed by atoms with E-state index in [2.05, 4.69) is 5.32 Å². The first kappa shape index (κ1) is 7.14. The zero-order valence-electron chi connectivity index (χ0n) is 6.86. The Hall–Kier alpha value is -0.530. The van der Waals surface area contributed by atoms with Gasteiger partial charge in [0.25, 0.3) is 0 Å². The van der Waals surface area contributed by atoms with Crippen LogP contribution in [0.4, 0.5) is 0 Å². The summed E-state index contributed by atoms with van der Waals surface area (Å²) >= 11 is 0. The average molecular weight is 153 g/mol. The number of carbonyl (C=O) groups excluding carboxylic acids is 1.